The first-order valence-corrected chi connectivity index (χ1v) is 12.0. The number of amides is 1. The Balaban J connectivity index is 1.64. The van der Waals surface area contributed by atoms with Crippen molar-refractivity contribution in [2.75, 3.05) is 4.72 Å². The minimum Gasteiger partial charge on any atom is -0.319 e. The molecule has 0 fully saturated rings. The molecule has 0 spiro atoms. The minimum atomic E-state index is -3.82. The number of nitrogens with one attached hydrogen (secondary N) is 1. The van der Waals surface area contributed by atoms with E-state index in [2.05, 4.69) is 9.71 Å². The van der Waals surface area contributed by atoms with Gasteiger partial charge in [-0.05, 0) is 60.7 Å². The van der Waals surface area contributed by atoms with E-state index in [1.165, 1.54) is 41.7 Å². The van der Waals surface area contributed by atoms with Crippen molar-refractivity contribution in [1.82, 2.24) is 4.57 Å². The molecule has 1 amide bonds. The maximum absolute atomic E-state index is 12.7. The largest absolute Gasteiger partial charge is 0.319 e. The topological polar surface area (TPSA) is 80.5 Å². The Morgan fingerprint density at radius 2 is 1.71 bits per heavy atom. The van der Waals surface area contributed by atoms with Crippen LogP contribution in [-0.2, 0) is 17.1 Å². The number of fused-ring (bicyclic) bond motifs is 1. The van der Waals surface area contributed by atoms with E-state index in [-0.39, 0.29) is 16.1 Å². The second-order valence-corrected chi connectivity index (χ2v) is 10.2. The van der Waals surface area contributed by atoms with Crippen LogP contribution in [0.5, 0.6) is 0 Å². The Morgan fingerprint density at radius 3 is 2.45 bits per heavy atom. The van der Waals surface area contributed by atoms with E-state index in [0.717, 1.165) is 10.2 Å². The molecule has 0 aliphatic carbocycles. The van der Waals surface area contributed by atoms with E-state index >= 15 is 0 Å². The average Bonchev–Trinajstić information content (AvgIpc) is 3.02. The summed E-state index contributed by atoms with van der Waals surface area (Å²) in [7, 11) is -2.01. The monoisotopic (exact) mass is 491 g/mol. The summed E-state index contributed by atoms with van der Waals surface area (Å²) in [4.78, 5) is 17.5. The number of carbonyl (C=O) groups excluding carboxylic acids is 1. The molecule has 0 saturated heterocycles. The predicted octanol–water partition coefficient (Wildman–Crippen LogP) is 5.09. The number of nitrogens with zero attached hydrogens (tertiary/aromatic N) is 2. The summed E-state index contributed by atoms with van der Waals surface area (Å²) < 4.78 is 30.3. The zero-order valence-electron chi connectivity index (χ0n) is 16.0. The molecule has 0 aliphatic heterocycles. The van der Waals surface area contributed by atoms with E-state index in [1.54, 1.807) is 28.8 Å². The van der Waals surface area contributed by atoms with Gasteiger partial charge in [0.1, 0.15) is 0 Å². The summed E-state index contributed by atoms with van der Waals surface area (Å²) in [6.07, 6.45) is 0. The molecule has 4 rings (SSSR count). The summed E-state index contributed by atoms with van der Waals surface area (Å²) in [5.41, 5.74) is 1.42. The van der Waals surface area contributed by atoms with Crippen molar-refractivity contribution in [2.24, 2.45) is 12.0 Å². The first-order valence-electron chi connectivity index (χ1n) is 8.95. The van der Waals surface area contributed by atoms with Crippen LogP contribution in [0.2, 0.25) is 10.0 Å². The number of aromatic nitrogens is 1. The van der Waals surface area contributed by atoms with Crippen molar-refractivity contribution < 1.29 is 13.2 Å². The number of hydrogen-bond acceptors (Lipinski definition) is 4. The predicted molar refractivity (Wildman–Crippen MR) is 124 cm³/mol. The standard InChI is InChI=1S/C21H15Cl2N3O3S2/c1-26-18-10-7-15(23)12-19(18)30-21(26)24-20(27)13-3-2-4-16(11-13)25-31(28,29)17-8-5-14(22)6-9-17/h2-12,25H,1H3. The average molecular weight is 492 g/mol. The number of halogens is 2. The maximum atomic E-state index is 12.7. The fourth-order valence-corrected chi connectivity index (χ4v) is 5.38. The third-order valence-electron chi connectivity index (χ3n) is 4.45. The van der Waals surface area contributed by atoms with Crippen molar-refractivity contribution in [3.63, 3.8) is 0 Å². The highest BCUT2D eigenvalue weighted by atomic mass is 35.5. The van der Waals surface area contributed by atoms with Crippen molar-refractivity contribution in [3.8, 4) is 0 Å². The highest BCUT2D eigenvalue weighted by Crippen LogP contribution is 2.22. The van der Waals surface area contributed by atoms with E-state index < -0.39 is 15.9 Å². The number of anilines is 1. The van der Waals surface area contributed by atoms with Gasteiger partial charge in [-0.25, -0.2) is 8.42 Å². The second kappa shape index (κ2) is 8.47. The van der Waals surface area contributed by atoms with E-state index in [4.69, 9.17) is 23.2 Å². The lowest BCUT2D eigenvalue weighted by Gasteiger charge is -2.09. The number of benzene rings is 3. The van der Waals surface area contributed by atoms with Gasteiger partial charge in [-0.15, -0.1) is 0 Å². The van der Waals surface area contributed by atoms with Crippen LogP contribution in [0.15, 0.2) is 76.6 Å². The molecule has 0 saturated carbocycles. The van der Waals surface area contributed by atoms with Crippen LogP contribution in [0.1, 0.15) is 10.4 Å². The number of carbonyl (C=O) groups is 1. The second-order valence-electron chi connectivity index (χ2n) is 6.61. The van der Waals surface area contributed by atoms with E-state index in [9.17, 15) is 13.2 Å². The fourth-order valence-electron chi connectivity index (χ4n) is 2.91. The first kappa shape index (κ1) is 21.6. The number of sulfonamides is 1. The van der Waals surface area contributed by atoms with Gasteiger partial charge in [0.2, 0.25) is 0 Å². The smallest absolute Gasteiger partial charge is 0.279 e. The van der Waals surface area contributed by atoms with Crippen LogP contribution in [0.25, 0.3) is 10.2 Å². The zero-order chi connectivity index (χ0) is 22.2. The van der Waals surface area contributed by atoms with Crippen LogP contribution < -0.4 is 9.52 Å². The fraction of sp³-hybridized carbons (Fsp3) is 0.0476. The molecule has 0 atom stereocenters. The lowest BCUT2D eigenvalue weighted by Crippen LogP contribution is -2.14. The van der Waals surface area contributed by atoms with E-state index in [1.807, 2.05) is 19.2 Å². The molecule has 1 aromatic heterocycles. The quantitative estimate of drug-likeness (QED) is 0.431. The Bertz CT molecular complexity index is 1470. The number of aryl methyl sites for hydroxylation is 1. The lowest BCUT2D eigenvalue weighted by atomic mass is 10.2. The molecule has 0 unspecified atom stereocenters. The normalized spacial score (nSPS) is 12.3. The molecule has 1 N–H and O–H groups in total. The molecule has 6 nitrogen and oxygen atoms in total. The third-order valence-corrected chi connectivity index (χ3v) is 7.43. The van der Waals surface area contributed by atoms with Gasteiger partial charge in [-0.3, -0.25) is 9.52 Å². The molecular weight excluding hydrogens is 477 g/mol. The lowest BCUT2D eigenvalue weighted by molar-refractivity contribution is 0.0998. The van der Waals surface area contributed by atoms with Crippen LogP contribution in [0, 0.1) is 0 Å². The molecule has 158 valence electrons. The van der Waals surface area contributed by atoms with Crippen LogP contribution in [0.3, 0.4) is 0 Å². The van der Waals surface area contributed by atoms with Gasteiger partial charge in [0.15, 0.2) is 4.80 Å². The maximum Gasteiger partial charge on any atom is 0.279 e. The number of hydrogen-bond donors (Lipinski definition) is 1. The summed E-state index contributed by atoms with van der Waals surface area (Å²) in [5.74, 6) is -0.485. The summed E-state index contributed by atoms with van der Waals surface area (Å²) in [5, 5.41) is 1.04. The highest BCUT2D eigenvalue weighted by molar-refractivity contribution is 7.92. The Labute approximate surface area is 192 Å². The van der Waals surface area contributed by atoms with Crippen LogP contribution >= 0.6 is 34.5 Å². The summed E-state index contributed by atoms with van der Waals surface area (Å²) in [6, 6.07) is 17.4. The number of rotatable bonds is 4. The van der Waals surface area contributed by atoms with Crippen molar-refractivity contribution >= 4 is 66.4 Å². The minimum absolute atomic E-state index is 0.0641. The number of thiazole rings is 1. The van der Waals surface area contributed by atoms with Crippen molar-refractivity contribution in [1.29, 1.82) is 0 Å². The Morgan fingerprint density at radius 1 is 1.00 bits per heavy atom. The molecule has 31 heavy (non-hydrogen) atoms. The van der Waals surface area contributed by atoms with Crippen LogP contribution in [0.4, 0.5) is 5.69 Å². The van der Waals surface area contributed by atoms with Gasteiger partial charge in [0, 0.05) is 28.3 Å². The van der Waals surface area contributed by atoms with E-state index in [0.29, 0.717) is 14.8 Å². The van der Waals surface area contributed by atoms with Gasteiger partial charge < -0.3 is 4.57 Å². The molecule has 10 heteroatoms. The molecule has 0 aliphatic rings. The van der Waals surface area contributed by atoms with Gasteiger partial charge in [0.05, 0.1) is 15.1 Å². The zero-order valence-corrected chi connectivity index (χ0v) is 19.2. The van der Waals surface area contributed by atoms with Gasteiger partial charge in [0.25, 0.3) is 15.9 Å². The van der Waals surface area contributed by atoms with Gasteiger partial charge in [-0.1, -0.05) is 40.6 Å². The molecule has 1 heterocycles. The van der Waals surface area contributed by atoms with Crippen LogP contribution in [-0.4, -0.2) is 18.9 Å². The Kier molecular flexibility index (Phi) is 5.90. The first-order chi connectivity index (χ1) is 14.7. The molecule has 0 bridgehead atoms. The Hall–Kier alpha value is -2.65. The highest BCUT2D eigenvalue weighted by Gasteiger charge is 2.15. The molecule has 4 aromatic rings. The van der Waals surface area contributed by atoms with Gasteiger partial charge in [-0.2, -0.15) is 4.99 Å². The summed E-state index contributed by atoms with van der Waals surface area (Å²) >= 11 is 13.2. The summed E-state index contributed by atoms with van der Waals surface area (Å²) in [6.45, 7) is 0. The molecule has 3 aromatic carbocycles. The van der Waals surface area contributed by atoms with Gasteiger partial charge >= 0.3 is 0 Å². The SMILES string of the molecule is Cn1c(=NC(=O)c2cccc(NS(=O)(=O)c3ccc(Cl)cc3)c2)sc2cc(Cl)ccc21. The van der Waals surface area contributed by atoms with Crippen molar-refractivity contribution in [3.05, 3.63) is 87.1 Å². The third kappa shape index (κ3) is 4.67. The van der Waals surface area contributed by atoms with Crippen molar-refractivity contribution in [2.45, 2.75) is 4.90 Å². The molecule has 0 radical (unpaired) electrons. The molecular formula is C21H15Cl2N3O3S2.